The number of rotatable bonds is 5. The molecule has 1 heterocycles. The van der Waals surface area contributed by atoms with Crippen molar-refractivity contribution in [2.75, 3.05) is 16.7 Å². The van der Waals surface area contributed by atoms with Crippen LogP contribution in [0.3, 0.4) is 0 Å². The molecule has 0 saturated heterocycles. The average Bonchev–Trinajstić information content (AvgIpc) is 3.16. The summed E-state index contributed by atoms with van der Waals surface area (Å²) >= 11 is 0.911. The Balaban J connectivity index is 1.34. The zero-order chi connectivity index (χ0) is 20.2. The molecule has 0 atom stereocenters. The molecule has 4 bridgehead atoms. The van der Waals surface area contributed by atoms with Crippen molar-refractivity contribution in [1.29, 1.82) is 0 Å². The van der Waals surface area contributed by atoms with Crippen LogP contribution >= 0.6 is 11.3 Å². The summed E-state index contributed by atoms with van der Waals surface area (Å²) in [5.41, 5.74) is 0.238. The molecule has 1 aromatic heterocycles. The van der Waals surface area contributed by atoms with Crippen molar-refractivity contribution in [1.82, 2.24) is 10.2 Å². The van der Waals surface area contributed by atoms with Gasteiger partial charge in [-0.15, -0.1) is 10.2 Å². The number of para-hydroxylation sites is 1. The molecule has 29 heavy (non-hydrogen) atoms. The molecular weight excluding hydrogens is 408 g/mol. The average molecular weight is 433 g/mol. The lowest BCUT2D eigenvalue weighted by molar-refractivity contribution is -0.140. The fourth-order valence-corrected chi connectivity index (χ4v) is 8.12. The molecule has 1 N–H and O–H groups in total. The minimum Gasteiger partial charge on any atom is -0.300 e. The fourth-order valence-electron chi connectivity index (χ4n) is 5.88. The number of sulfonamides is 1. The van der Waals surface area contributed by atoms with Crippen LogP contribution in [0, 0.1) is 23.2 Å². The third kappa shape index (κ3) is 3.24. The second-order valence-electron chi connectivity index (χ2n) is 8.83. The molecule has 4 aliphatic rings. The number of carbonyl (C=O) groups is 1. The second-order valence-corrected chi connectivity index (χ2v) is 12.0. The molecule has 1 aromatic carbocycles. The first-order chi connectivity index (χ1) is 13.9. The summed E-state index contributed by atoms with van der Waals surface area (Å²) in [4.78, 5) is 13.1. The number of benzene rings is 1. The van der Waals surface area contributed by atoms with E-state index in [4.69, 9.17) is 0 Å². The van der Waals surface area contributed by atoms with Gasteiger partial charge >= 0.3 is 0 Å². The maximum Gasteiger partial charge on any atom is 0.293 e. The number of carbonyl (C=O) groups excluding carboxylic acids is 1. The normalized spacial score (nSPS) is 30.3. The molecule has 4 saturated carbocycles. The largest absolute Gasteiger partial charge is 0.300 e. The molecule has 4 fully saturated rings. The zero-order valence-electron chi connectivity index (χ0n) is 16.2. The first-order valence-electron chi connectivity index (χ1n) is 10.0. The highest BCUT2D eigenvalue weighted by atomic mass is 32.2. The van der Waals surface area contributed by atoms with E-state index in [1.807, 2.05) is 6.07 Å². The highest BCUT2D eigenvalue weighted by Crippen LogP contribution is 2.60. The number of aromatic nitrogens is 2. The number of amides is 1. The number of hydrogen-bond donors (Lipinski definition) is 1. The number of nitrogens with zero attached hydrogens (tertiary/aromatic N) is 3. The molecule has 4 aliphatic carbocycles. The van der Waals surface area contributed by atoms with E-state index in [2.05, 4.69) is 15.5 Å². The van der Waals surface area contributed by atoms with Crippen LogP contribution in [-0.4, -0.2) is 31.6 Å². The van der Waals surface area contributed by atoms with Gasteiger partial charge in [-0.25, -0.2) is 0 Å². The van der Waals surface area contributed by atoms with Gasteiger partial charge in [-0.2, -0.15) is 8.42 Å². The summed E-state index contributed by atoms with van der Waals surface area (Å²) in [6.07, 6.45) is 6.64. The van der Waals surface area contributed by atoms with Crippen LogP contribution in [0.15, 0.2) is 34.7 Å². The van der Waals surface area contributed by atoms with E-state index in [0.717, 1.165) is 30.6 Å². The Morgan fingerprint density at radius 2 is 1.66 bits per heavy atom. The van der Waals surface area contributed by atoms with E-state index in [1.54, 1.807) is 24.3 Å². The quantitative estimate of drug-likeness (QED) is 0.730. The van der Waals surface area contributed by atoms with Crippen molar-refractivity contribution in [2.45, 2.75) is 42.9 Å². The van der Waals surface area contributed by atoms with Crippen molar-refractivity contribution in [3.8, 4) is 0 Å². The Kier molecular flexibility index (Phi) is 4.43. The van der Waals surface area contributed by atoms with Gasteiger partial charge in [0.15, 0.2) is 0 Å². The van der Waals surface area contributed by atoms with Crippen LogP contribution < -0.4 is 9.62 Å². The van der Waals surface area contributed by atoms with Gasteiger partial charge in [-0.05, 0) is 68.4 Å². The molecule has 0 aliphatic heterocycles. The Morgan fingerprint density at radius 1 is 1.07 bits per heavy atom. The molecule has 6 rings (SSSR count). The van der Waals surface area contributed by atoms with E-state index in [0.29, 0.717) is 23.4 Å². The minimum atomic E-state index is -3.83. The maximum atomic E-state index is 13.1. The highest BCUT2D eigenvalue weighted by Gasteiger charge is 2.54. The van der Waals surface area contributed by atoms with E-state index < -0.39 is 10.0 Å². The molecular formula is C20H24N4O3S2. The molecule has 2 aromatic rings. The first kappa shape index (κ1) is 19.0. The van der Waals surface area contributed by atoms with Crippen molar-refractivity contribution >= 4 is 38.1 Å². The Labute approximate surface area is 174 Å². The Bertz CT molecular complexity index is 1000. The van der Waals surface area contributed by atoms with E-state index in [-0.39, 0.29) is 20.8 Å². The zero-order valence-corrected chi connectivity index (χ0v) is 17.9. The molecule has 9 heteroatoms. The molecule has 1 amide bonds. The summed E-state index contributed by atoms with van der Waals surface area (Å²) in [5, 5.41) is 11.0. The lowest BCUT2D eigenvalue weighted by atomic mass is 9.49. The van der Waals surface area contributed by atoms with Gasteiger partial charge in [0.05, 0.1) is 11.1 Å². The van der Waals surface area contributed by atoms with Crippen LogP contribution in [0.1, 0.15) is 38.5 Å². The SMILES string of the molecule is CN(c1ccccc1)S(=O)(=O)c1nnc(NC(=O)C23CC4CC(CC(C4)C2)C3)s1. The van der Waals surface area contributed by atoms with E-state index in [1.165, 1.54) is 30.6 Å². The summed E-state index contributed by atoms with van der Waals surface area (Å²) in [7, 11) is -2.34. The summed E-state index contributed by atoms with van der Waals surface area (Å²) in [6, 6.07) is 8.81. The van der Waals surface area contributed by atoms with Crippen LogP contribution in [0.2, 0.25) is 0 Å². The smallest absolute Gasteiger partial charge is 0.293 e. The van der Waals surface area contributed by atoms with Gasteiger partial charge in [0, 0.05) is 7.05 Å². The predicted octanol–water partition coefficient (Wildman–Crippen LogP) is 3.52. The number of hydrogen-bond acceptors (Lipinski definition) is 6. The lowest BCUT2D eigenvalue weighted by Gasteiger charge is -2.55. The van der Waals surface area contributed by atoms with Crippen LogP contribution in [0.25, 0.3) is 0 Å². The molecule has 0 radical (unpaired) electrons. The van der Waals surface area contributed by atoms with Crippen LogP contribution in [0.5, 0.6) is 0 Å². The summed E-state index contributed by atoms with van der Waals surface area (Å²) < 4.78 is 26.8. The topological polar surface area (TPSA) is 92.3 Å². The molecule has 0 unspecified atom stereocenters. The Hall–Kier alpha value is -2.00. The number of anilines is 2. The van der Waals surface area contributed by atoms with E-state index in [9.17, 15) is 13.2 Å². The Morgan fingerprint density at radius 3 is 2.24 bits per heavy atom. The molecule has 154 valence electrons. The van der Waals surface area contributed by atoms with Crippen LogP contribution in [0.4, 0.5) is 10.8 Å². The fraction of sp³-hybridized carbons (Fsp3) is 0.550. The molecule has 0 spiro atoms. The summed E-state index contributed by atoms with van der Waals surface area (Å²) in [6.45, 7) is 0. The van der Waals surface area contributed by atoms with Crippen molar-refractivity contribution in [3.63, 3.8) is 0 Å². The molecule has 7 nitrogen and oxygen atoms in total. The monoisotopic (exact) mass is 432 g/mol. The maximum absolute atomic E-state index is 13.1. The van der Waals surface area contributed by atoms with Gasteiger partial charge in [0.1, 0.15) is 0 Å². The van der Waals surface area contributed by atoms with Gasteiger partial charge in [-0.3, -0.25) is 9.10 Å². The third-order valence-electron chi connectivity index (χ3n) is 6.85. The van der Waals surface area contributed by atoms with E-state index >= 15 is 0 Å². The number of nitrogens with one attached hydrogen (secondary N) is 1. The van der Waals surface area contributed by atoms with Gasteiger partial charge in [0.2, 0.25) is 11.0 Å². The van der Waals surface area contributed by atoms with Crippen LogP contribution in [-0.2, 0) is 14.8 Å². The minimum absolute atomic E-state index is 0.00638. The first-order valence-corrected chi connectivity index (χ1v) is 12.3. The lowest BCUT2D eigenvalue weighted by Crippen LogP contribution is -2.51. The van der Waals surface area contributed by atoms with Crippen molar-refractivity contribution in [3.05, 3.63) is 30.3 Å². The highest BCUT2D eigenvalue weighted by molar-refractivity contribution is 7.94. The van der Waals surface area contributed by atoms with Crippen molar-refractivity contribution < 1.29 is 13.2 Å². The predicted molar refractivity (Wildman–Crippen MR) is 111 cm³/mol. The summed E-state index contributed by atoms with van der Waals surface area (Å²) in [5.74, 6) is 1.98. The van der Waals surface area contributed by atoms with Gasteiger partial charge in [-0.1, -0.05) is 29.5 Å². The standard InChI is InChI=1S/C20H24N4O3S2/c1-24(16-5-3-2-4-6-16)29(26,27)19-23-22-18(28-19)21-17(25)20-10-13-7-14(11-20)9-15(8-13)12-20/h2-6,13-15H,7-12H2,1H3,(H,21,22,25). The van der Waals surface area contributed by atoms with Crippen molar-refractivity contribution in [2.24, 2.45) is 23.2 Å². The third-order valence-corrected chi connectivity index (χ3v) is 9.82. The van der Waals surface area contributed by atoms with Gasteiger partial charge in [0.25, 0.3) is 14.4 Å². The van der Waals surface area contributed by atoms with Gasteiger partial charge < -0.3 is 5.32 Å². The second kappa shape index (κ2) is 6.77.